The van der Waals surface area contributed by atoms with Crippen LogP contribution in [0.5, 0.6) is 0 Å². The van der Waals surface area contributed by atoms with Crippen molar-refractivity contribution < 1.29 is 9.47 Å². The minimum Gasteiger partial charge on any atom is -0.366 e. The molecular weight excluding hydrogens is 286 g/mol. The van der Waals surface area contributed by atoms with Gasteiger partial charge >= 0.3 is 11.4 Å². The van der Waals surface area contributed by atoms with E-state index in [9.17, 15) is 9.59 Å². The van der Waals surface area contributed by atoms with Crippen molar-refractivity contribution in [1.82, 2.24) is 13.9 Å². The van der Waals surface area contributed by atoms with Crippen LogP contribution in [-0.4, -0.2) is 38.3 Å². The summed E-state index contributed by atoms with van der Waals surface area (Å²) in [5, 5.41) is 0. The molecule has 4 aliphatic heterocycles. The molecule has 7 nitrogen and oxygen atoms in total. The van der Waals surface area contributed by atoms with Crippen molar-refractivity contribution in [2.75, 3.05) is 0 Å². The number of ether oxygens (including phenoxy) is 2. The van der Waals surface area contributed by atoms with Crippen LogP contribution in [0.1, 0.15) is 12.1 Å². The molecule has 9 aliphatic rings. The minimum absolute atomic E-state index is 0.127. The maximum Gasteiger partial charge on any atom is 0.347 e. The molecule has 5 saturated carbocycles. The topological polar surface area (TPSA) is 74.0 Å². The van der Waals surface area contributed by atoms with Crippen LogP contribution in [0.4, 0.5) is 0 Å². The van der Waals surface area contributed by atoms with Gasteiger partial charge in [-0.05, 0) is 23.7 Å². The van der Waals surface area contributed by atoms with Crippen LogP contribution < -0.4 is 11.4 Å². The van der Waals surface area contributed by atoms with Gasteiger partial charge in [-0.3, -0.25) is 0 Å². The highest BCUT2D eigenvalue weighted by Gasteiger charge is 3.11. The Morgan fingerprint density at radius 3 is 1.86 bits per heavy atom. The first kappa shape index (κ1) is 9.72. The first-order chi connectivity index (χ1) is 10.7. The Bertz CT molecular complexity index is 930. The number of nitrogens with zero attached hydrogens (tertiary/aromatic N) is 3. The molecule has 1 aromatic rings. The summed E-state index contributed by atoms with van der Waals surface area (Å²) >= 11 is 0. The number of aromatic nitrogens is 3. The van der Waals surface area contributed by atoms with E-state index in [1.165, 1.54) is 4.57 Å². The molecular formula is C15H13N3O4. The van der Waals surface area contributed by atoms with E-state index in [2.05, 4.69) is 0 Å². The van der Waals surface area contributed by atoms with Crippen molar-refractivity contribution in [2.45, 2.75) is 36.5 Å². The van der Waals surface area contributed by atoms with Gasteiger partial charge in [0.2, 0.25) is 0 Å². The summed E-state index contributed by atoms with van der Waals surface area (Å²) < 4.78 is 17.1. The van der Waals surface area contributed by atoms with Crippen LogP contribution in [-0.2, 0) is 16.5 Å². The molecule has 7 heteroatoms. The van der Waals surface area contributed by atoms with Crippen molar-refractivity contribution in [3.05, 3.63) is 21.0 Å². The van der Waals surface area contributed by atoms with Crippen LogP contribution in [0, 0.1) is 34.5 Å². The molecule has 2 spiro atoms. The zero-order chi connectivity index (χ0) is 14.1. The van der Waals surface area contributed by atoms with Gasteiger partial charge in [0.15, 0.2) is 0 Å². The van der Waals surface area contributed by atoms with Gasteiger partial charge in [0.05, 0.1) is 24.3 Å². The molecule has 2 saturated heterocycles. The van der Waals surface area contributed by atoms with Crippen LogP contribution >= 0.6 is 0 Å². The van der Waals surface area contributed by atoms with Crippen LogP contribution in [0.2, 0.25) is 0 Å². The molecule has 10 rings (SSSR count). The molecule has 1 aromatic heterocycles. The van der Waals surface area contributed by atoms with Crippen LogP contribution in [0.15, 0.2) is 9.59 Å². The fraction of sp³-hybridized carbons (Fsp3) is 0.867. The first-order valence-corrected chi connectivity index (χ1v) is 8.39. The second-order valence-corrected chi connectivity index (χ2v) is 8.82. The molecule has 0 aromatic carbocycles. The largest absolute Gasteiger partial charge is 0.366 e. The van der Waals surface area contributed by atoms with Gasteiger partial charge in [0.1, 0.15) is 12.2 Å². The molecule has 22 heavy (non-hydrogen) atoms. The maximum absolute atomic E-state index is 12.7. The number of fused-ring (bicyclic) bond motifs is 3. The lowest BCUT2D eigenvalue weighted by molar-refractivity contribution is -0.0267. The lowest BCUT2D eigenvalue weighted by Crippen LogP contribution is -2.57. The highest BCUT2D eigenvalue weighted by Crippen LogP contribution is 3.07. The minimum atomic E-state index is -0.129. The molecule has 0 amide bonds. The van der Waals surface area contributed by atoms with Gasteiger partial charge in [-0.2, -0.15) is 0 Å². The summed E-state index contributed by atoms with van der Waals surface area (Å²) in [5.41, 5.74) is -0.00465. The van der Waals surface area contributed by atoms with E-state index in [4.69, 9.17) is 9.47 Å². The molecule has 2 bridgehead atoms. The summed E-state index contributed by atoms with van der Waals surface area (Å²) in [6, 6.07) is 0.387. The average Bonchev–Trinajstić information content (AvgIpc) is 3.33. The zero-order valence-electron chi connectivity index (χ0n) is 11.7. The summed E-state index contributed by atoms with van der Waals surface area (Å²) in [6.07, 6.45) is 1.13. The Morgan fingerprint density at radius 1 is 0.864 bits per heavy atom. The van der Waals surface area contributed by atoms with Gasteiger partial charge in [0, 0.05) is 17.9 Å². The number of hydrogen-bond acceptors (Lipinski definition) is 4. The van der Waals surface area contributed by atoms with Gasteiger partial charge in [-0.25, -0.2) is 23.5 Å². The molecule has 112 valence electrons. The predicted molar refractivity (Wildman–Crippen MR) is 68.2 cm³/mol. The lowest BCUT2D eigenvalue weighted by Gasteiger charge is -2.48. The second kappa shape index (κ2) is 2.06. The van der Waals surface area contributed by atoms with Crippen LogP contribution in [0.25, 0.3) is 0 Å². The third-order valence-corrected chi connectivity index (χ3v) is 9.02. The Morgan fingerprint density at radius 2 is 1.36 bits per heavy atom. The Balaban J connectivity index is 1.50. The first-order valence-electron chi connectivity index (χ1n) is 8.39. The quantitative estimate of drug-likeness (QED) is 0.546. The zero-order valence-corrected chi connectivity index (χ0v) is 11.7. The van der Waals surface area contributed by atoms with E-state index >= 15 is 0 Å². The van der Waals surface area contributed by atoms with E-state index in [0.29, 0.717) is 30.0 Å². The number of rotatable bonds is 0. The summed E-state index contributed by atoms with van der Waals surface area (Å²) in [4.78, 5) is 25.4. The van der Waals surface area contributed by atoms with E-state index in [0.717, 1.165) is 5.92 Å². The predicted octanol–water partition coefficient (Wildman–Crippen LogP) is -1.52. The number of hydrogen-bond donors (Lipinski definition) is 0. The Kier molecular flexibility index (Phi) is 0.910. The third-order valence-electron chi connectivity index (χ3n) is 9.02. The smallest absolute Gasteiger partial charge is 0.347 e. The fourth-order valence-corrected chi connectivity index (χ4v) is 8.93. The van der Waals surface area contributed by atoms with Gasteiger partial charge in [0.25, 0.3) is 0 Å². The Labute approximate surface area is 123 Å². The third kappa shape index (κ3) is 0.502. The lowest BCUT2D eigenvalue weighted by atomic mass is 9.64. The van der Waals surface area contributed by atoms with Crippen LogP contribution in [0.3, 0.4) is 0 Å². The molecule has 0 N–H and O–H groups in total. The maximum atomic E-state index is 12.7. The fourth-order valence-electron chi connectivity index (χ4n) is 8.93. The summed E-state index contributed by atoms with van der Waals surface area (Å²) in [7, 11) is 1.61. The van der Waals surface area contributed by atoms with Gasteiger partial charge in [-0.15, -0.1) is 0 Å². The summed E-state index contributed by atoms with van der Waals surface area (Å²) in [5.74, 6) is 2.61. The standard InChI is InChI=1S/C15H13N3O4/c1-16-12(19)17-8-3-2-4(3)9(18(17)13(16)20)15-7(2)14(8,15)10-5(21-10)6-11(15)22-6/h2-11H,1H3/t2?,3-,4-,5-,6+,7?,8+,9+,10-,11-,14-,15+/m0/s1. The monoisotopic (exact) mass is 299 g/mol. The van der Waals surface area contributed by atoms with E-state index < -0.39 is 0 Å². The van der Waals surface area contributed by atoms with Crippen molar-refractivity contribution >= 4 is 0 Å². The second-order valence-electron chi connectivity index (χ2n) is 8.82. The van der Waals surface area contributed by atoms with Gasteiger partial charge in [-0.1, -0.05) is 0 Å². The molecule has 7 fully saturated rings. The molecule has 5 aliphatic carbocycles. The SMILES string of the molecule is Cn1c(=O)n2n(c1=O)[C@@H]1[C@H]3C4C5[C@]6([C@H]7O[C@@H]7[C@@H]7O[C@@H]7[C@]516)[C@H]2[C@@H]43. The van der Waals surface area contributed by atoms with E-state index in [1.54, 1.807) is 7.05 Å². The highest BCUT2D eigenvalue weighted by molar-refractivity contribution is 5.56. The molecule has 5 heterocycles. The molecule has 2 unspecified atom stereocenters. The van der Waals surface area contributed by atoms with Crippen molar-refractivity contribution in [2.24, 2.45) is 41.5 Å². The van der Waals surface area contributed by atoms with Crippen molar-refractivity contribution in [3.63, 3.8) is 0 Å². The van der Waals surface area contributed by atoms with Crippen molar-refractivity contribution in [1.29, 1.82) is 0 Å². The van der Waals surface area contributed by atoms with E-state index in [-0.39, 0.29) is 46.5 Å². The molecule has 12 atom stereocenters. The van der Waals surface area contributed by atoms with E-state index in [1.807, 2.05) is 9.36 Å². The highest BCUT2D eigenvalue weighted by atomic mass is 16.7. The molecule has 0 radical (unpaired) electrons. The Hall–Kier alpha value is -1.34. The average molecular weight is 299 g/mol. The summed E-state index contributed by atoms with van der Waals surface area (Å²) in [6.45, 7) is 0. The van der Waals surface area contributed by atoms with Gasteiger partial charge < -0.3 is 9.47 Å². The normalized spacial score (nSPS) is 73.1. The van der Waals surface area contributed by atoms with Crippen molar-refractivity contribution in [3.8, 4) is 0 Å². The number of epoxide rings is 2.